The van der Waals surface area contributed by atoms with Crippen molar-refractivity contribution in [2.24, 2.45) is 0 Å². The van der Waals surface area contributed by atoms with Gasteiger partial charge in [-0.05, 0) is 65.5 Å². The molecular formula is C28H35FN4O5. The van der Waals surface area contributed by atoms with Gasteiger partial charge >= 0.3 is 5.97 Å². The third-order valence-electron chi connectivity index (χ3n) is 6.53. The van der Waals surface area contributed by atoms with Crippen molar-refractivity contribution in [1.82, 2.24) is 19.9 Å². The van der Waals surface area contributed by atoms with Crippen LogP contribution in [0.1, 0.15) is 85.9 Å². The molecule has 38 heavy (non-hydrogen) atoms. The number of benzene rings is 1. The molecule has 0 saturated heterocycles. The number of aryl methyl sites for hydroxylation is 1. The van der Waals surface area contributed by atoms with Crippen molar-refractivity contribution in [2.75, 3.05) is 13.2 Å². The van der Waals surface area contributed by atoms with E-state index in [1.54, 1.807) is 33.8 Å². The predicted octanol–water partition coefficient (Wildman–Crippen LogP) is 4.95. The molecule has 10 heteroatoms. The van der Waals surface area contributed by atoms with Crippen LogP contribution in [0.25, 0.3) is 16.9 Å². The predicted molar refractivity (Wildman–Crippen MR) is 140 cm³/mol. The van der Waals surface area contributed by atoms with E-state index < -0.39 is 23.5 Å². The van der Waals surface area contributed by atoms with Crippen LogP contribution in [0.3, 0.4) is 0 Å². The Balaban J connectivity index is 2.03. The zero-order valence-electron chi connectivity index (χ0n) is 22.8. The van der Waals surface area contributed by atoms with Crippen LogP contribution in [0, 0.1) is 19.7 Å². The van der Waals surface area contributed by atoms with Gasteiger partial charge in [0.2, 0.25) is 0 Å². The number of carbonyl (C=O) groups excluding carboxylic acids is 1. The molecule has 2 aromatic heterocycles. The minimum absolute atomic E-state index is 0.134. The van der Waals surface area contributed by atoms with Crippen LogP contribution in [0.2, 0.25) is 0 Å². The summed E-state index contributed by atoms with van der Waals surface area (Å²) >= 11 is 0. The molecule has 0 saturated carbocycles. The molecule has 3 heterocycles. The number of hydrogen-bond acceptors (Lipinski definition) is 6. The summed E-state index contributed by atoms with van der Waals surface area (Å²) in [6.45, 7) is 11.8. The standard InChI is InChI=1S/C28H35FN4O5/c1-7-8-11-30-26(34)20-14-21-31-16(3)22(25(27(35)36)38-28(4,5)6)23(33(21)32-20)18-13-19(29)24-17(15(18)2)10-9-12-37-24/h13-14,25H,7-12H2,1-6H3,(H,30,34)(H,35,36)/t25-/m0/s1. The zero-order chi connectivity index (χ0) is 27.8. The van der Waals surface area contributed by atoms with Crippen molar-refractivity contribution in [1.29, 1.82) is 0 Å². The molecule has 1 amide bonds. The maximum Gasteiger partial charge on any atom is 0.337 e. The normalized spacial score (nSPS) is 14.2. The average Bonchev–Trinajstić information content (AvgIpc) is 3.27. The molecule has 1 aliphatic heterocycles. The van der Waals surface area contributed by atoms with Gasteiger partial charge in [0, 0.05) is 35.0 Å². The highest BCUT2D eigenvalue weighted by Gasteiger charge is 2.34. The monoisotopic (exact) mass is 526 g/mol. The summed E-state index contributed by atoms with van der Waals surface area (Å²) in [7, 11) is 0. The summed E-state index contributed by atoms with van der Waals surface area (Å²) in [6, 6.07) is 2.89. The molecule has 0 fully saturated rings. The van der Waals surface area contributed by atoms with Gasteiger partial charge in [-0.25, -0.2) is 18.7 Å². The Kier molecular flexibility index (Phi) is 7.73. The lowest BCUT2D eigenvalue weighted by Crippen LogP contribution is -2.29. The number of rotatable bonds is 8. The van der Waals surface area contributed by atoms with Crippen LogP contribution < -0.4 is 10.1 Å². The Hall–Kier alpha value is -3.53. The van der Waals surface area contributed by atoms with Crippen LogP contribution in [0.5, 0.6) is 5.75 Å². The molecule has 0 unspecified atom stereocenters. The highest BCUT2D eigenvalue weighted by atomic mass is 19.1. The number of carboxylic acids is 1. The van der Waals surface area contributed by atoms with Crippen molar-refractivity contribution in [3.63, 3.8) is 0 Å². The number of amides is 1. The highest BCUT2D eigenvalue weighted by Crippen LogP contribution is 2.41. The molecule has 0 aliphatic carbocycles. The third kappa shape index (κ3) is 5.36. The summed E-state index contributed by atoms with van der Waals surface area (Å²) in [5, 5.41) is 17.6. The van der Waals surface area contributed by atoms with Crippen LogP contribution in [-0.4, -0.2) is 50.3 Å². The van der Waals surface area contributed by atoms with Crippen molar-refractivity contribution in [3.8, 4) is 17.0 Å². The van der Waals surface area contributed by atoms with E-state index in [0.717, 1.165) is 30.4 Å². The Labute approximate surface area is 221 Å². The van der Waals surface area contributed by atoms with Crippen LogP contribution in [0.4, 0.5) is 4.39 Å². The second-order valence-corrected chi connectivity index (χ2v) is 10.6. The number of aromatic nitrogens is 3. The summed E-state index contributed by atoms with van der Waals surface area (Å²) in [4.78, 5) is 30.0. The summed E-state index contributed by atoms with van der Waals surface area (Å²) in [5.41, 5.74) is 2.55. The summed E-state index contributed by atoms with van der Waals surface area (Å²) in [5.74, 6) is -1.90. The second-order valence-electron chi connectivity index (χ2n) is 10.6. The van der Waals surface area contributed by atoms with E-state index in [2.05, 4.69) is 15.4 Å². The minimum Gasteiger partial charge on any atom is -0.490 e. The molecule has 1 aromatic carbocycles. The van der Waals surface area contributed by atoms with E-state index in [-0.39, 0.29) is 22.9 Å². The maximum absolute atomic E-state index is 15.4. The van der Waals surface area contributed by atoms with E-state index in [1.165, 1.54) is 10.6 Å². The van der Waals surface area contributed by atoms with Gasteiger partial charge in [-0.15, -0.1) is 0 Å². The van der Waals surface area contributed by atoms with Crippen LogP contribution in [-0.2, 0) is 16.0 Å². The largest absolute Gasteiger partial charge is 0.490 e. The molecule has 3 aromatic rings. The van der Waals surface area contributed by atoms with Gasteiger partial charge < -0.3 is 19.9 Å². The number of nitrogens with one attached hydrogen (secondary N) is 1. The fourth-order valence-corrected chi connectivity index (χ4v) is 4.78. The number of ether oxygens (including phenoxy) is 2. The number of aliphatic carboxylic acids is 1. The number of hydrogen-bond donors (Lipinski definition) is 2. The van der Waals surface area contributed by atoms with Gasteiger partial charge in [-0.3, -0.25) is 4.79 Å². The molecule has 1 aliphatic rings. The minimum atomic E-state index is -1.41. The topological polar surface area (TPSA) is 115 Å². The lowest BCUT2D eigenvalue weighted by molar-refractivity contribution is -0.160. The van der Waals surface area contributed by atoms with Gasteiger partial charge in [-0.2, -0.15) is 5.10 Å². The molecular weight excluding hydrogens is 491 g/mol. The third-order valence-corrected chi connectivity index (χ3v) is 6.53. The first-order chi connectivity index (χ1) is 17.9. The Morgan fingerprint density at radius 2 is 2.03 bits per heavy atom. The average molecular weight is 527 g/mol. The quantitative estimate of drug-likeness (QED) is 0.399. The van der Waals surface area contributed by atoms with Gasteiger partial charge in [0.1, 0.15) is 0 Å². The molecule has 204 valence electrons. The van der Waals surface area contributed by atoms with Gasteiger partial charge in [0.05, 0.1) is 17.9 Å². The van der Waals surface area contributed by atoms with Gasteiger partial charge in [0.25, 0.3) is 5.91 Å². The first kappa shape index (κ1) is 27.5. The van der Waals surface area contributed by atoms with E-state index in [9.17, 15) is 14.7 Å². The number of carboxylic acid groups (broad SMARTS) is 1. The fourth-order valence-electron chi connectivity index (χ4n) is 4.78. The van der Waals surface area contributed by atoms with Crippen LogP contribution >= 0.6 is 0 Å². The molecule has 0 bridgehead atoms. The molecule has 2 N–H and O–H groups in total. The first-order valence-electron chi connectivity index (χ1n) is 13.0. The van der Waals surface area contributed by atoms with Crippen molar-refractivity contribution >= 4 is 17.5 Å². The number of halogens is 1. The molecule has 4 rings (SSSR count). The number of fused-ring (bicyclic) bond motifs is 2. The Morgan fingerprint density at radius 3 is 2.68 bits per heavy atom. The second kappa shape index (κ2) is 10.7. The van der Waals surface area contributed by atoms with E-state index >= 15 is 4.39 Å². The lowest BCUT2D eigenvalue weighted by Gasteiger charge is -2.28. The molecule has 9 nitrogen and oxygen atoms in total. The molecule has 0 spiro atoms. The SMILES string of the molecule is CCCCNC(=O)c1cc2nc(C)c([C@H](OC(C)(C)C)C(=O)O)c(-c3cc(F)c4c(c3C)CCCO4)n2n1. The van der Waals surface area contributed by atoms with Crippen molar-refractivity contribution in [3.05, 3.63) is 46.0 Å². The Morgan fingerprint density at radius 1 is 1.29 bits per heavy atom. The summed E-state index contributed by atoms with van der Waals surface area (Å²) in [6.07, 6.45) is 1.70. The fraction of sp³-hybridized carbons (Fsp3) is 0.500. The van der Waals surface area contributed by atoms with Gasteiger partial charge in [-0.1, -0.05) is 13.3 Å². The van der Waals surface area contributed by atoms with E-state index in [0.29, 0.717) is 42.2 Å². The molecule has 1 atom stereocenters. The first-order valence-corrected chi connectivity index (χ1v) is 13.0. The lowest BCUT2D eigenvalue weighted by atomic mass is 9.91. The number of unbranched alkanes of at least 4 members (excludes halogenated alkanes) is 1. The maximum atomic E-state index is 15.4. The Bertz CT molecular complexity index is 1390. The van der Waals surface area contributed by atoms with E-state index in [4.69, 9.17) is 9.47 Å². The summed E-state index contributed by atoms with van der Waals surface area (Å²) < 4.78 is 28.4. The zero-order valence-corrected chi connectivity index (χ0v) is 22.8. The molecule has 0 radical (unpaired) electrons. The van der Waals surface area contributed by atoms with Crippen molar-refractivity contribution < 1.29 is 28.6 Å². The van der Waals surface area contributed by atoms with Crippen molar-refractivity contribution in [2.45, 2.75) is 78.9 Å². The van der Waals surface area contributed by atoms with Gasteiger partial charge in [0.15, 0.2) is 29.0 Å². The highest BCUT2D eigenvalue weighted by molar-refractivity contribution is 5.93. The number of nitrogens with zero attached hydrogens (tertiary/aromatic N) is 3. The number of carbonyl (C=O) groups is 2. The van der Waals surface area contributed by atoms with E-state index in [1.807, 2.05) is 13.8 Å². The van der Waals surface area contributed by atoms with Crippen LogP contribution in [0.15, 0.2) is 12.1 Å². The smallest absolute Gasteiger partial charge is 0.337 e.